The predicted octanol–water partition coefficient (Wildman–Crippen LogP) is 2.21. The van der Waals surface area contributed by atoms with Crippen molar-refractivity contribution in [3.63, 3.8) is 0 Å². The number of piperidine rings is 1. The van der Waals surface area contributed by atoms with Gasteiger partial charge in [-0.15, -0.1) is 11.3 Å². The van der Waals surface area contributed by atoms with Gasteiger partial charge >= 0.3 is 0 Å². The lowest BCUT2D eigenvalue weighted by molar-refractivity contribution is 0.138. The number of hydrogen-bond acceptors (Lipinski definition) is 5. The summed E-state index contributed by atoms with van der Waals surface area (Å²) in [5, 5.41) is 0. The number of fused-ring (bicyclic) bond motifs is 1. The van der Waals surface area contributed by atoms with Gasteiger partial charge in [0.25, 0.3) is 5.56 Å². The summed E-state index contributed by atoms with van der Waals surface area (Å²) in [5.74, 6) is 0.616. The van der Waals surface area contributed by atoms with Crippen LogP contribution in [0.1, 0.15) is 35.9 Å². The van der Waals surface area contributed by atoms with Crippen LogP contribution in [0.25, 0.3) is 5.78 Å². The zero-order valence-corrected chi connectivity index (χ0v) is 12.9. The topological polar surface area (TPSA) is 66.3 Å². The Morgan fingerprint density at radius 1 is 1.41 bits per heavy atom. The minimum atomic E-state index is -0.0236. The van der Waals surface area contributed by atoms with E-state index in [4.69, 9.17) is 0 Å². The van der Waals surface area contributed by atoms with Crippen molar-refractivity contribution >= 4 is 17.1 Å². The second kappa shape index (κ2) is 5.66. The van der Waals surface area contributed by atoms with Crippen molar-refractivity contribution in [3.05, 3.63) is 51.1 Å². The molecule has 0 amide bonds. The second-order valence-corrected chi connectivity index (χ2v) is 6.60. The Kier molecular flexibility index (Phi) is 3.51. The van der Waals surface area contributed by atoms with E-state index >= 15 is 0 Å². The molecule has 0 bridgehead atoms. The standard InChI is InChI=1S/C15H17N5OS/c21-14-7-12(18-15-17-4-6-20(14)15)13-3-1-2-5-19(13)9-11-8-16-10-22-11/h4,6-8,10,13H,1-3,5,9H2,(H,17,18). The average molecular weight is 315 g/mol. The highest BCUT2D eigenvalue weighted by atomic mass is 32.1. The number of nitrogens with one attached hydrogen (secondary N) is 1. The molecule has 7 heteroatoms. The van der Waals surface area contributed by atoms with Crippen LogP contribution in [0, 0.1) is 0 Å². The van der Waals surface area contributed by atoms with Gasteiger partial charge in [0, 0.05) is 41.8 Å². The van der Waals surface area contributed by atoms with Gasteiger partial charge in [-0.3, -0.25) is 19.1 Å². The molecule has 3 aromatic heterocycles. The Bertz CT molecular complexity index is 822. The summed E-state index contributed by atoms with van der Waals surface area (Å²) in [5.41, 5.74) is 2.81. The number of thiazole rings is 1. The first kappa shape index (κ1) is 13.7. The highest BCUT2D eigenvalue weighted by Gasteiger charge is 2.25. The molecule has 4 rings (SSSR count). The summed E-state index contributed by atoms with van der Waals surface area (Å²) in [6.07, 6.45) is 8.71. The minimum Gasteiger partial charge on any atom is -0.327 e. The van der Waals surface area contributed by atoms with E-state index in [0.29, 0.717) is 5.78 Å². The fourth-order valence-electron chi connectivity index (χ4n) is 3.17. The van der Waals surface area contributed by atoms with Crippen molar-refractivity contribution in [2.45, 2.75) is 31.8 Å². The SMILES string of the molecule is O=c1cc(C2CCCCN2Cc2cncs2)[nH]c2nccn12. The van der Waals surface area contributed by atoms with E-state index in [9.17, 15) is 4.79 Å². The lowest BCUT2D eigenvalue weighted by Gasteiger charge is -2.35. The Hall–Kier alpha value is -1.99. The molecule has 1 N–H and O–H groups in total. The number of nitrogens with zero attached hydrogens (tertiary/aromatic N) is 4. The number of H-pyrrole nitrogens is 1. The predicted molar refractivity (Wildman–Crippen MR) is 84.9 cm³/mol. The normalized spacial score (nSPS) is 19.7. The zero-order chi connectivity index (χ0) is 14.9. The molecule has 1 fully saturated rings. The smallest absolute Gasteiger partial charge is 0.259 e. The zero-order valence-electron chi connectivity index (χ0n) is 12.1. The third-order valence-electron chi connectivity index (χ3n) is 4.23. The Morgan fingerprint density at radius 2 is 2.36 bits per heavy atom. The monoisotopic (exact) mass is 315 g/mol. The van der Waals surface area contributed by atoms with Crippen LogP contribution in [-0.2, 0) is 6.54 Å². The number of aromatic amines is 1. The Labute approximate surface area is 131 Å². The molecule has 1 saturated heterocycles. The summed E-state index contributed by atoms with van der Waals surface area (Å²) >= 11 is 1.68. The van der Waals surface area contributed by atoms with E-state index in [2.05, 4.69) is 19.9 Å². The Morgan fingerprint density at radius 3 is 3.23 bits per heavy atom. The van der Waals surface area contributed by atoms with Crippen LogP contribution in [0.2, 0.25) is 0 Å². The van der Waals surface area contributed by atoms with Crippen molar-refractivity contribution in [3.8, 4) is 0 Å². The molecule has 0 spiro atoms. The van der Waals surface area contributed by atoms with Crippen LogP contribution in [-0.4, -0.2) is 30.8 Å². The highest BCUT2D eigenvalue weighted by molar-refractivity contribution is 7.09. The maximum Gasteiger partial charge on any atom is 0.259 e. The summed E-state index contributed by atoms with van der Waals surface area (Å²) < 4.78 is 1.54. The number of imidazole rings is 1. The van der Waals surface area contributed by atoms with Gasteiger partial charge in [-0.05, 0) is 19.4 Å². The molecule has 0 aromatic carbocycles. The lowest BCUT2D eigenvalue weighted by atomic mass is 9.99. The van der Waals surface area contributed by atoms with Crippen LogP contribution in [0.15, 0.2) is 35.0 Å². The van der Waals surface area contributed by atoms with Crippen molar-refractivity contribution in [2.24, 2.45) is 0 Å². The maximum absolute atomic E-state index is 12.2. The van der Waals surface area contributed by atoms with E-state index in [1.807, 2.05) is 11.7 Å². The largest absolute Gasteiger partial charge is 0.327 e. The fraction of sp³-hybridized carbons (Fsp3) is 0.400. The van der Waals surface area contributed by atoms with Gasteiger partial charge in [0.1, 0.15) is 0 Å². The number of likely N-dealkylation sites (tertiary alicyclic amines) is 1. The van der Waals surface area contributed by atoms with Gasteiger partial charge in [-0.1, -0.05) is 6.42 Å². The molecule has 0 radical (unpaired) electrons. The first-order chi connectivity index (χ1) is 10.8. The number of rotatable bonds is 3. The van der Waals surface area contributed by atoms with E-state index in [0.717, 1.165) is 25.2 Å². The van der Waals surface area contributed by atoms with Gasteiger partial charge in [-0.25, -0.2) is 4.98 Å². The van der Waals surface area contributed by atoms with Gasteiger partial charge in [0.2, 0.25) is 5.78 Å². The lowest BCUT2D eigenvalue weighted by Crippen LogP contribution is -2.34. The van der Waals surface area contributed by atoms with Crippen LogP contribution in [0.5, 0.6) is 0 Å². The second-order valence-electron chi connectivity index (χ2n) is 5.63. The molecule has 0 saturated carbocycles. The Balaban J connectivity index is 1.68. The van der Waals surface area contributed by atoms with Crippen molar-refractivity contribution in [1.29, 1.82) is 0 Å². The molecule has 22 heavy (non-hydrogen) atoms. The van der Waals surface area contributed by atoms with Crippen LogP contribution in [0.3, 0.4) is 0 Å². The van der Waals surface area contributed by atoms with Crippen molar-refractivity contribution in [1.82, 2.24) is 24.3 Å². The van der Waals surface area contributed by atoms with Crippen LogP contribution < -0.4 is 5.56 Å². The summed E-state index contributed by atoms with van der Waals surface area (Å²) in [4.78, 5) is 27.6. The van der Waals surface area contributed by atoms with Gasteiger partial charge < -0.3 is 4.98 Å². The molecular formula is C15H17N5OS. The van der Waals surface area contributed by atoms with Gasteiger partial charge in [-0.2, -0.15) is 0 Å². The summed E-state index contributed by atoms with van der Waals surface area (Å²) in [6.45, 7) is 1.93. The highest BCUT2D eigenvalue weighted by Crippen LogP contribution is 2.31. The number of aromatic nitrogens is 4. The van der Waals surface area contributed by atoms with Gasteiger partial charge in [0.05, 0.1) is 11.6 Å². The van der Waals surface area contributed by atoms with Crippen molar-refractivity contribution in [2.75, 3.05) is 6.54 Å². The molecule has 0 aliphatic carbocycles. The molecule has 4 heterocycles. The van der Waals surface area contributed by atoms with E-state index in [-0.39, 0.29) is 11.6 Å². The molecular weight excluding hydrogens is 298 g/mol. The van der Waals surface area contributed by atoms with Crippen LogP contribution >= 0.6 is 11.3 Å². The van der Waals surface area contributed by atoms with E-state index in [1.165, 1.54) is 17.7 Å². The molecule has 1 aliphatic rings. The van der Waals surface area contributed by atoms with Crippen LogP contribution in [0.4, 0.5) is 0 Å². The minimum absolute atomic E-state index is 0.0236. The first-order valence-corrected chi connectivity index (χ1v) is 8.37. The fourth-order valence-corrected chi connectivity index (χ4v) is 3.79. The van der Waals surface area contributed by atoms with Crippen molar-refractivity contribution < 1.29 is 0 Å². The maximum atomic E-state index is 12.2. The quantitative estimate of drug-likeness (QED) is 0.805. The molecule has 1 aliphatic heterocycles. The average Bonchev–Trinajstić information content (AvgIpc) is 3.19. The van der Waals surface area contributed by atoms with E-state index in [1.54, 1.807) is 34.2 Å². The third kappa shape index (κ3) is 2.46. The number of hydrogen-bond donors (Lipinski definition) is 1. The molecule has 1 unspecified atom stereocenters. The van der Waals surface area contributed by atoms with Gasteiger partial charge in [0.15, 0.2) is 0 Å². The molecule has 1 atom stereocenters. The first-order valence-electron chi connectivity index (χ1n) is 7.49. The third-order valence-corrected chi connectivity index (χ3v) is 4.99. The summed E-state index contributed by atoms with van der Waals surface area (Å²) in [7, 11) is 0. The molecule has 3 aromatic rings. The molecule has 114 valence electrons. The molecule has 6 nitrogen and oxygen atoms in total. The van der Waals surface area contributed by atoms with E-state index < -0.39 is 0 Å². The summed E-state index contributed by atoms with van der Waals surface area (Å²) in [6, 6.07) is 1.95.